The minimum absolute atomic E-state index is 0.106. The van der Waals surface area contributed by atoms with Crippen LogP contribution in [-0.2, 0) is 14.8 Å². The first kappa shape index (κ1) is 21.2. The van der Waals surface area contributed by atoms with E-state index in [-0.39, 0.29) is 10.8 Å². The standard InChI is InChI=1S/C19H30N4O4S2/c24-19(22-3-1-16(2-4-22)15-21-5-9-27-10-6-21)18-13-17(14-20-18)29(25,26)23-7-11-28-12-8-23/h13-14,16,20H,1-12,15H2. The van der Waals surface area contributed by atoms with Crippen LogP contribution in [0.2, 0.25) is 0 Å². The number of sulfonamides is 1. The van der Waals surface area contributed by atoms with Gasteiger partial charge >= 0.3 is 0 Å². The Hall–Kier alpha value is -1.07. The summed E-state index contributed by atoms with van der Waals surface area (Å²) < 4.78 is 32.5. The van der Waals surface area contributed by atoms with Crippen molar-refractivity contribution in [1.29, 1.82) is 0 Å². The first-order chi connectivity index (χ1) is 14.0. The van der Waals surface area contributed by atoms with Gasteiger partial charge in [0.25, 0.3) is 5.91 Å². The Morgan fingerprint density at radius 1 is 1.10 bits per heavy atom. The van der Waals surface area contributed by atoms with Gasteiger partial charge in [-0.05, 0) is 24.8 Å². The van der Waals surface area contributed by atoms with Crippen molar-refractivity contribution >= 4 is 27.7 Å². The molecule has 0 saturated carbocycles. The van der Waals surface area contributed by atoms with Crippen LogP contribution in [0.3, 0.4) is 0 Å². The van der Waals surface area contributed by atoms with Crippen molar-refractivity contribution in [3.63, 3.8) is 0 Å². The second-order valence-electron chi connectivity index (χ2n) is 7.91. The van der Waals surface area contributed by atoms with Crippen LogP contribution in [-0.4, -0.2) is 104 Å². The molecule has 3 aliphatic heterocycles. The highest BCUT2D eigenvalue weighted by Gasteiger charge is 2.30. The maximum atomic E-state index is 12.9. The first-order valence-corrected chi connectivity index (χ1v) is 13.0. The van der Waals surface area contributed by atoms with E-state index in [1.807, 2.05) is 4.90 Å². The number of morpholine rings is 1. The lowest BCUT2D eigenvalue weighted by atomic mass is 9.96. The van der Waals surface area contributed by atoms with E-state index in [1.165, 1.54) is 16.6 Å². The number of nitrogens with one attached hydrogen (secondary N) is 1. The van der Waals surface area contributed by atoms with Gasteiger partial charge in [0.15, 0.2) is 0 Å². The van der Waals surface area contributed by atoms with Crippen molar-refractivity contribution in [1.82, 2.24) is 19.1 Å². The number of rotatable bonds is 5. The number of aromatic nitrogens is 1. The molecule has 0 radical (unpaired) electrons. The zero-order valence-electron chi connectivity index (χ0n) is 16.7. The molecule has 1 N–H and O–H groups in total. The average molecular weight is 443 g/mol. The number of thioether (sulfide) groups is 1. The second-order valence-corrected chi connectivity index (χ2v) is 11.1. The van der Waals surface area contributed by atoms with Crippen LogP contribution >= 0.6 is 11.8 Å². The summed E-state index contributed by atoms with van der Waals surface area (Å²) in [5.74, 6) is 2.13. The Labute approximate surface area is 177 Å². The molecule has 0 unspecified atom stereocenters. The second kappa shape index (κ2) is 9.38. The number of ether oxygens (including phenoxy) is 1. The smallest absolute Gasteiger partial charge is 0.270 e. The summed E-state index contributed by atoms with van der Waals surface area (Å²) in [6, 6.07) is 1.50. The van der Waals surface area contributed by atoms with Crippen LogP contribution in [0, 0.1) is 5.92 Å². The SMILES string of the molecule is O=C(c1cc(S(=O)(=O)N2CCSCC2)c[nH]1)N1CCC(CN2CCOCC2)CC1. The molecule has 0 atom stereocenters. The number of likely N-dealkylation sites (tertiary alicyclic amines) is 1. The van der Waals surface area contributed by atoms with Crippen molar-refractivity contribution in [2.45, 2.75) is 17.7 Å². The quantitative estimate of drug-likeness (QED) is 0.730. The zero-order valence-corrected chi connectivity index (χ0v) is 18.3. The van der Waals surface area contributed by atoms with E-state index in [9.17, 15) is 13.2 Å². The average Bonchev–Trinajstić information content (AvgIpc) is 3.26. The van der Waals surface area contributed by atoms with E-state index >= 15 is 0 Å². The Morgan fingerprint density at radius 3 is 2.48 bits per heavy atom. The van der Waals surface area contributed by atoms with Crippen molar-refractivity contribution in [2.24, 2.45) is 5.92 Å². The topological polar surface area (TPSA) is 86.0 Å². The molecule has 1 aromatic rings. The van der Waals surface area contributed by atoms with Crippen LogP contribution in [0.25, 0.3) is 0 Å². The minimum Gasteiger partial charge on any atom is -0.379 e. The Morgan fingerprint density at radius 2 is 1.79 bits per heavy atom. The zero-order chi connectivity index (χ0) is 20.3. The molecular weight excluding hydrogens is 412 g/mol. The lowest BCUT2D eigenvalue weighted by Gasteiger charge is -2.35. The van der Waals surface area contributed by atoms with Gasteiger partial charge in [-0.3, -0.25) is 9.69 Å². The number of hydrogen-bond acceptors (Lipinski definition) is 6. The lowest BCUT2D eigenvalue weighted by molar-refractivity contribution is 0.0242. The predicted molar refractivity (Wildman–Crippen MR) is 113 cm³/mol. The van der Waals surface area contributed by atoms with Crippen molar-refractivity contribution < 1.29 is 17.9 Å². The van der Waals surface area contributed by atoms with Crippen molar-refractivity contribution in [3.05, 3.63) is 18.0 Å². The molecule has 29 heavy (non-hydrogen) atoms. The van der Waals surface area contributed by atoms with Gasteiger partial charge in [0, 0.05) is 63.5 Å². The Bertz CT molecular complexity index is 793. The highest BCUT2D eigenvalue weighted by atomic mass is 32.2. The fourth-order valence-corrected chi connectivity index (χ4v) is 6.79. The fraction of sp³-hybridized carbons (Fsp3) is 0.737. The van der Waals surface area contributed by atoms with Gasteiger partial charge in [0.05, 0.1) is 13.2 Å². The van der Waals surface area contributed by atoms with Gasteiger partial charge in [0.2, 0.25) is 10.0 Å². The van der Waals surface area contributed by atoms with Crippen LogP contribution in [0.4, 0.5) is 0 Å². The molecule has 0 aromatic carbocycles. The van der Waals surface area contributed by atoms with Gasteiger partial charge in [0.1, 0.15) is 10.6 Å². The van der Waals surface area contributed by atoms with E-state index in [0.717, 1.165) is 70.3 Å². The van der Waals surface area contributed by atoms with Crippen LogP contribution in [0.1, 0.15) is 23.3 Å². The number of amides is 1. The highest BCUT2D eigenvalue weighted by molar-refractivity contribution is 7.99. The van der Waals surface area contributed by atoms with Gasteiger partial charge in [-0.15, -0.1) is 0 Å². The third kappa shape index (κ3) is 4.99. The molecule has 162 valence electrons. The van der Waals surface area contributed by atoms with E-state index < -0.39 is 10.0 Å². The largest absolute Gasteiger partial charge is 0.379 e. The maximum absolute atomic E-state index is 12.9. The number of hydrogen-bond donors (Lipinski definition) is 1. The summed E-state index contributed by atoms with van der Waals surface area (Å²) in [6.45, 7) is 7.18. The lowest BCUT2D eigenvalue weighted by Crippen LogP contribution is -2.44. The summed E-state index contributed by atoms with van der Waals surface area (Å²) in [7, 11) is -3.53. The third-order valence-corrected chi connectivity index (χ3v) is 8.84. The van der Waals surface area contributed by atoms with Gasteiger partial charge in [-0.1, -0.05) is 0 Å². The third-order valence-electron chi connectivity index (χ3n) is 6.02. The number of H-pyrrole nitrogens is 1. The molecule has 1 aromatic heterocycles. The molecule has 4 heterocycles. The van der Waals surface area contributed by atoms with E-state index in [4.69, 9.17) is 4.74 Å². The molecule has 3 fully saturated rings. The maximum Gasteiger partial charge on any atom is 0.270 e. The first-order valence-electron chi connectivity index (χ1n) is 10.4. The summed E-state index contributed by atoms with van der Waals surface area (Å²) in [5.41, 5.74) is 0.363. The number of nitrogens with zero attached hydrogens (tertiary/aromatic N) is 3. The summed E-state index contributed by atoms with van der Waals surface area (Å²) in [4.78, 5) is 20.3. The summed E-state index contributed by atoms with van der Waals surface area (Å²) in [5, 5.41) is 0. The number of carbonyl (C=O) groups is 1. The number of carbonyl (C=O) groups excluding carboxylic acids is 1. The van der Waals surface area contributed by atoms with Crippen molar-refractivity contribution in [3.8, 4) is 0 Å². The minimum atomic E-state index is -3.53. The predicted octanol–water partition coefficient (Wildman–Crippen LogP) is 0.937. The van der Waals surface area contributed by atoms with Crippen LogP contribution < -0.4 is 0 Å². The molecule has 10 heteroatoms. The van der Waals surface area contributed by atoms with E-state index in [1.54, 1.807) is 11.8 Å². The molecular formula is C19H30N4O4S2. The molecule has 4 rings (SSSR count). The monoisotopic (exact) mass is 442 g/mol. The normalized spacial score (nSPS) is 23.4. The van der Waals surface area contributed by atoms with Gasteiger partial charge in [-0.25, -0.2) is 8.42 Å². The van der Waals surface area contributed by atoms with Crippen molar-refractivity contribution in [2.75, 3.05) is 70.5 Å². The Kier molecular flexibility index (Phi) is 6.85. The molecule has 3 aliphatic rings. The Balaban J connectivity index is 1.32. The molecule has 3 saturated heterocycles. The molecule has 0 aliphatic carbocycles. The van der Waals surface area contributed by atoms with Gasteiger partial charge in [-0.2, -0.15) is 16.1 Å². The number of piperidine rings is 1. The van der Waals surface area contributed by atoms with E-state index in [2.05, 4.69) is 9.88 Å². The molecule has 0 bridgehead atoms. The highest BCUT2D eigenvalue weighted by Crippen LogP contribution is 2.23. The number of aromatic amines is 1. The molecule has 0 spiro atoms. The molecule has 1 amide bonds. The van der Waals surface area contributed by atoms with Crippen LogP contribution in [0.15, 0.2) is 17.2 Å². The summed E-state index contributed by atoms with van der Waals surface area (Å²) in [6.07, 6.45) is 3.43. The van der Waals surface area contributed by atoms with Gasteiger partial charge < -0.3 is 14.6 Å². The van der Waals surface area contributed by atoms with E-state index in [0.29, 0.717) is 24.7 Å². The fourth-order valence-electron chi connectivity index (χ4n) is 4.22. The molecule has 8 nitrogen and oxygen atoms in total. The summed E-state index contributed by atoms with van der Waals surface area (Å²) >= 11 is 1.77. The van der Waals surface area contributed by atoms with Crippen LogP contribution in [0.5, 0.6) is 0 Å².